The topological polar surface area (TPSA) is 77.2 Å². The number of ether oxygens (including phenoxy) is 1. The first-order valence-electron chi connectivity index (χ1n) is 8.05. The van der Waals surface area contributed by atoms with E-state index in [9.17, 15) is 4.79 Å². The van der Waals surface area contributed by atoms with Crippen molar-refractivity contribution in [2.75, 3.05) is 6.54 Å². The standard InChI is InChI=1S/C19H19N3O3/c1-14-6-5-9-16(12-14)18-22-21-17(25-18)10-11-20-19(23)24-13-15-7-3-2-4-8-15/h2-9,12H,10-11,13H2,1H3,(H,20,23). The molecule has 25 heavy (non-hydrogen) atoms. The Labute approximate surface area is 145 Å². The van der Waals surface area contributed by atoms with Crippen LogP contribution in [0.3, 0.4) is 0 Å². The maximum Gasteiger partial charge on any atom is 0.407 e. The molecular weight excluding hydrogens is 318 g/mol. The largest absolute Gasteiger partial charge is 0.445 e. The zero-order valence-electron chi connectivity index (χ0n) is 13.9. The molecule has 0 aliphatic heterocycles. The summed E-state index contributed by atoms with van der Waals surface area (Å²) in [5, 5.41) is 10.7. The minimum absolute atomic E-state index is 0.241. The molecular formula is C19H19N3O3. The summed E-state index contributed by atoms with van der Waals surface area (Å²) in [5.41, 5.74) is 2.95. The number of carbonyl (C=O) groups excluding carboxylic acids is 1. The number of amides is 1. The van der Waals surface area contributed by atoms with E-state index in [4.69, 9.17) is 9.15 Å². The van der Waals surface area contributed by atoms with Crippen LogP contribution in [0.2, 0.25) is 0 Å². The summed E-state index contributed by atoms with van der Waals surface area (Å²) in [7, 11) is 0. The van der Waals surface area contributed by atoms with Gasteiger partial charge in [-0.2, -0.15) is 0 Å². The molecule has 6 nitrogen and oxygen atoms in total. The van der Waals surface area contributed by atoms with Crippen molar-refractivity contribution in [1.82, 2.24) is 15.5 Å². The van der Waals surface area contributed by atoms with E-state index in [2.05, 4.69) is 15.5 Å². The number of rotatable bonds is 6. The second-order valence-corrected chi connectivity index (χ2v) is 5.61. The van der Waals surface area contributed by atoms with Gasteiger partial charge in [0.05, 0.1) is 0 Å². The number of aryl methyl sites for hydroxylation is 1. The Bertz CT molecular complexity index is 831. The summed E-state index contributed by atoms with van der Waals surface area (Å²) in [4.78, 5) is 11.7. The van der Waals surface area contributed by atoms with Crippen LogP contribution < -0.4 is 5.32 Å². The summed E-state index contributed by atoms with van der Waals surface area (Å²) in [6.07, 6.45) is -0.0264. The lowest BCUT2D eigenvalue weighted by molar-refractivity contribution is 0.139. The summed E-state index contributed by atoms with van der Waals surface area (Å²) < 4.78 is 10.8. The maximum atomic E-state index is 11.7. The molecule has 0 spiro atoms. The second kappa shape index (κ2) is 8.10. The van der Waals surface area contributed by atoms with Gasteiger partial charge in [-0.15, -0.1) is 10.2 Å². The lowest BCUT2D eigenvalue weighted by Crippen LogP contribution is -2.26. The zero-order chi connectivity index (χ0) is 17.5. The Morgan fingerprint density at radius 2 is 1.96 bits per heavy atom. The molecule has 3 aromatic rings. The highest BCUT2D eigenvalue weighted by Crippen LogP contribution is 2.18. The number of benzene rings is 2. The molecule has 6 heteroatoms. The highest BCUT2D eigenvalue weighted by atomic mass is 16.5. The number of nitrogens with one attached hydrogen (secondary N) is 1. The van der Waals surface area contributed by atoms with E-state index in [1.54, 1.807) is 0 Å². The summed E-state index contributed by atoms with van der Waals surface area (Å²) in [6.45, 7) is 2.61. The molecule has 0 unspecified atom stereocenters. The third-order valence-electron chi connectivity index (χ3n) is 3.55. The lowest BCUT2D eigenvalue weighted by Gasteiger charge is -2.05. The second-order valence-electron chi connectivity index (χ2n) is 5.61. The third kappa shape index (κ3) is 4.91. The Morgan fingerprint density at radius 3 is 2.76 bits per heavy atom. The zero-order valence-corrected chi connectivity index (χ0v) is 13.9. The molecule has 0 bridgehead atoms. The van der Waals surface area contributed by atoms with E-state index in [1.807, 2.05) is 61.5 Å². The number of carbonyl (C=O) groups is 1. The van der Waals surface area contributed by atoms with Crippen LogP contribution in [-0.4, -0.2) is 22.8 Å². The smallest absolute Gasteiger partial charge is 0.407 e. The van der Waals surface area contributed by atoms with Gasteiger partial charge in [0.2, 0.25) is 11.8 Å². The van der Waals surface area contributed by atoms with Crippen molar-refractivity contribution in [3.05, 3.63) is 71.6 Å². The van der Waals surface area contributed by atoms with Crippen LogP contribution in [-0.2, 0) is 17.8 Å². The van der Waals surface area contributed by atoms with Crippen molar-refractivity contribution in [2.24, 2.45) is 0 Å². The van der Waals surface area contributed by atoms with Gasteiger partial charge in [0.1, 0.15) is 6.61 Å². The van der Waals surface area contributed by atoms with Gasteiger partial charge in [-0.05, 0) is 24.6 Å². The van der Waals surface area contributed by atoms with Crippen LogP contribution >= 0.6 is 0 Å². The number of aromatic nitrogens is 2. The van der Waals surface area contributed by atoms with Gasteiger partial charge in [-0.1, -0.05) is 48.0 Å². The van der Waals surface area contributed by atoms with Crippen LogP contribution in [0, 0.1) is 6.92 Å². The molecule has 0 fully saturated rings. The molecule has 1 N–H and O–H groups in total. The summed E-state index contributed by atoms with van der Waals surface area (Å²) in [6, 6.07) is 17.4. The van der Waals surface area contributed by atoms with Crippen LogP contribution in [0.1, 0.15) is 17.0 Å². The van der Waals surface area contributed by atoms with E-state index < -0.39 is 6.09 Å². The average Bonchev–Trinajstić information content (AvgIpc) is 3.10. The van der Waals surface area contributed by atoms with Gasteiger partial charge in [-0.25, -0.2) is 4.79 Å². The van der Waals surface area contributed by atoms with Gasteiger partial charge < -0.3 is 14.5 Å². The summed E-state index contributed by atoms with van der Waals surface area (Å²) in [5.74, 6) is 0.949. The number of alkyl carbamates (subject to hydrolysis) is 1. The van der Waals surface area contributed by atoms with Crippen molar-refractivity contribution in [3.8, 4) is 11.5 Å². The number of hydrogen-bond acceptors (Lipinski definition) is 5. The highest BCUT2D eigenvalue weighted by Gasteiger charge is 2.09. The van der Waals surface area contributed by atoms with Crippen molar-refractivity contribution < 1.29 is 13.9 Å². The van der Waals surface area contributed by atoms with Crippen LogP contribution in [0.25, 0.3) is 11.5 Å². The Balaban J connectivity index is 1.44. The first-order chi connectivity index (χ1) is 12.2. The SMILES string of the molecule is Cc1cccc(-c2nnc(CCNC(=O)OCc3ccccc3)o2)c1. The van der Waals surface area contributed by atoms with Crippen molar-refractivity contribution in [1.29, 1.82) is 0 Å². The lowest BCUT2D eigenvalue weighted by atomic mass is 10.1. The first-order valence-corrected chi connectivity index (χ1v) is 8.05. The van der Waals surface area contributed by atoms with Gasteiger partial charge >= 0.3 is 6.09 Å². The fourth-order valence-electron chi connectivity index (χ4n) is 2.30. The molecule has 0 saturated heterocycles. The van der Waals surface area contributed by atoms with E-state index in [1.165, 1.54) is 0 Å². The van der Waals surface area contributed by atoms with Crippen LogP contribution in [0.4, 0.5) is 4.79 Å². The molecule has 0 aliphatic rings. The minimum Gasteiger partial charge on any atom is -0.445 e. The minimum atomic E-state index is -0.470. The third-order valence-corrected chi connectivity index (χ3v) is 3.55. The van der Waals surface area contributed by atoms with E-state index >= 15 is 0 Å². The van der Waals surface area contributed by atoms with Crippen LogP contribution in [0.15, 0.2) is 59.0 Å². The Kier molecular flexibility index (Phi) is 5.41. The Morgan fingerprint density at radius 1 is 1.12 bits per heavy atom. The van der Waals surface area contributed by atoms with Gasteiger partial charge in [0.15, 0.2) is 0 Å². The molecule has 3 rings (SSSR count). The van der Waals surface area contributed by atoms with Crippen molar-refractivity contribution in [2.45, 2.75) is 20.0 Å². The molecule has 1 amide bonds. The molecule has 0 atom stereocenters. The molecule has 2 aromatic carbocycles. The average molecular weight is 337 g/mol. The fraction of sp³-hybridized carbons (Fsp3) is 0.211. The van der Waals surface area contributed by atoms with Crippen molar-refractivity contribution in [3.63, 3.8) is 0 Å². The first kappa shape index (κ1) is 16.7. The van der Waals surface area contributed by atoms with Gasteiger partial charge in [-0.3, -0.25) is 0 Å². The van der Waals surface area contributed by atoms with Crippen LogP contribution in [0.5, 0.6) is 0 Å². The van der Waals surface area contributed by atoms with E-state index in [0.29, 0.717) is 24.7 Å². The predicted molar refractivity (Wildman–Crippen MR) is 92.8 cm³/mol. The monoisotopic (exact) mass is 337 g/mol. The Hall–Kier alpha value is -3.15. The van der Waals surface area contributed by atoms with Gasteiger partial charge in [0, 0.05) is 18.5 Å². The molecule has 1 aromatic heterocycles. The van der Waals surface area contributed by atoms with E-state index in [-0.39, 0.29) is 6.61 Å². The number of nitrogens with zero attached hydrogens (tertiary/aromatic N) is 2. The summed E-state index contributed by atoms with van der Waals surface area (Å²) >= 11 is 0. The quantitative estimate of drug-likeness (QED) is 0.745. The normalized spacial score (nSPS) is 10.4. The maximum absolute atomic E-state index is 11.7. The molecule has 128 valence electrons. The predicted octanol–water partition coefficient (Wildman–Crippen LogP) is 3.51. The highest BCUT2D eigenvalue weighted by molar-refractivity contribution is 5.67. The van der Waals surface area contributed by atoms with Gasteiger partial charge in [0.25, 0.3) is 0 Å². The molecule has 0 saturated carbocycles. The fourth-order valence-corrected chi connectivity index (χ4v) is 2.30. The molecule has 0 aliphatic carbocycles. The number of hydrogen-bond donors (Lipinski definition) is 1. The van der Waals surface area contributed by atoms with E-state index in [0.717, 1.165) is 16.7 Å². The molecule has 1 heterocycles. The molecule has 0 radical (unpaired) electrons. The van der Waals surface area contributed by atoms with Crippen molar-refractivity contribution >= 4 is 6.09 Å².